The Morgan fingerprint density at radius 2 is 2.55 bits per heavy atom. The van der Waals surface area contributed by atoms with E-state index in [0.29, 0.717) is 5.88 Å². The minimum absolute atomic E-state index is 0.599. The highest BCUT2D eigenvalue weighted by atomic mass is 35.5. The smallest absolute Gasteiger partial charge is 0.0974 e. The third kappa shape index (κ3) is 2.43. The summed E-state index contributed by atoms with van der Waals surface area (Å²) in [4.78, 5) is 0. The van der Waals surface area contributed by atoms with Crippen molar-refractivity contribution in [2.45, 2.75) is 13.3 Å². The van der Waals surface area contributed by atoms with E-state index in [9.17, 15) is 0 Å². The number of alkyl halides is 1. The molecule has 0 N–H and O–H groups in total. The fraction of sp³-hybridized carbons (Fsp3) is 0.333. The second-order valence-corrected chi connectivity index (χ2v) is 2.61. The Morgan fingerprint density at radius 3 is 3.00 bits per heavy atom. The summed E-state index contributed by atoms with van der Waals surface area (Å²) in [7, 11) is 0. The van der Waals surface area contributed by atoms with Crippen LogP contribution in [0.25, 0.3) is 6.08 Å². The molecule has 0 spiro atoms. The largest absolute Gasteiger partial charge is 0.472 e. The highest BCUT2D eigenvalue weighted by molar-refractivity contribution is 6.19. The molecule has 0 aliphatic rings. The Hall–Kier alpha value is -0.690. The first-order valence-electron chi connectivity index (χ1n) is 3.64. The average Bonchev–Trinajstić information content (AvgIpc) is 2.52. The van der Waals surface area contributed by atoms with E-state index in [1.807, 2.05) is 6.07 Å². The molecule has 1 aromatic heterocycles. The summed E-state index contributed by atoms with van der Waals surface area (Å²) in [6, 6.07) is 1.92. The van der Waals surface area contributed by atoms with E-state index in [4.69, 9.17) is 16.0 Å². The molecular formula is C9H11ClO. The molecule has 0 bridgehead atoms. The molecule has 60 valence electrons. The lowest BCUT2D eigenvalue weighted by Gasteiger charge is -1.95. The van der Waals surface area contributed by atoms with Crippen LogP contribution in [-0.2, 0) is 0 Å². The summed E-state index contributed by atoms with van der Waals surface area (Å²) < 4.78 is 4.92. The number of furan rings is 1. The lowest BCUT2D eigenvalue weighted by molar-refractivity contribution is 0.567. The van der Waals surface area contributed by atoms with Gasteiger partial charge in [-0.15, -0.1) is 11.6 Å². The molecule has 1 rings (SSSR count). The minimum atomic E-state index is 0.599. The maximum absolute atomic E-state index is 5.69. The Bertz CT molecular complexity index is 218. The van der Waals surface area contributed by atoms with Crippen molar-refractivity contribution >= 4 is 17.7 Å². The van der Waals surface area contributed by atoms with Crippen LogP contribution >= 0.6 is 11.6 Å². The highest BCUT2D eigenvalue weighted by Gasteiger charge is 1.93. The van der Waals surface area contributed by atoms with Gasteiger partial charge in [0.15, 0.2) is 0 Å². The molecule has 11 heavy (non-hydrogen) atoms. The minimum Gasteiger partial charge on any atom is -0.472 e. The van der Waals surface area contributed by atoms with Crippen LogP contribution in [0.4, 0.5) is 0 Å². The molecule has 1 heterocycles. The van der Waals surface area contributed by atoms with Gasteiger partial charge >= 0.3 is 0 Å². The Kier molecular flexibility index (Phi) is 3.24. The molecule has 0 fully saturated rings. The van der Waals surface area contributed by atoms with Crippen molar-refractivity contribution in [1.82, 2.24) is 0 Å². The fourth-order valence-electron chi connectivity index (χ4n) is 0.828. The van der Waals surface area contributed by atoms with Crippen molar-refractivity contribution in [2.75, 3.05) is 5.88 Å². The van der Waals surface area contributed by atoms with Gasteiger partial charge in [0, 0.05) is 11.4 Å². The molecule has 1 nitrogen and oxygen atoms in total. The summed E-state index contributed by atoms with van der Waals surface area (Å²) in [5.74, 6) is 0.599. The molecule has 0 atom stereocenters. The zero-order chi connectivity index (χ0) is 8.10. The molecule has 2 heteroatoms. The van der Waals surface area contributed by atoms with Crippen LogP contribution in [0.15, 0.2) is 28.6 Å². The lowest BCUT2D eigenvalue weighted by atomic mass is 10.2. The summed E-state index contributed by atoms with van der Waals surface area (Å²) >= 11 is 5.69. The highest BCUT2D eigenvalue weighted by Crippen LogP contribution is 2.10. The van der Waals surface area contributed by atoms with E-state index >= 15 is 0 Å². The van der Waals surface area contributed by atoms with Gasteiger partial charge in [0.1, 0.15) is 0 Å². The lowest BCUT2D eigenvalue weighted by Crippen LogP contribution is -1.80. The van der Waals surface area contributed by atoms with E-state index in [-0.39, 0.29) is 0 Å². The van der Waals surface area contributed by atoms with Gasteiger partial charge in [-0.05, 0) is 12.5 Å². The summed E-state index contributed by atoms with van der Waals surface area (Å²) in [6.45, 7) is 2.09. The van der Waals surface area contributed by atoms with Crippen LogP contribution in [0.3, 0.4) is 0 Å². The Labute approximate surface area is 71.7 Å². The van der Waals surface area contributed by atoms with Gasteiger partial charge in [0.05, 0.1) is 12.5 Å². The van der Waals surface area contributed by atoms with Crippen molar-refractivity contribution in [3.8, 4) is 0 Å². The first-order valence-corrected chi connectivity index (χ1v) is 4.18. The van der Waals surface area contributed by atoms with Crippen LogP contribution in [0, 0.1) is 0 Å². The van der Waals surface area contributed by atoms with Crippen LogP contribution in [0.5, 0.6) is 0 Å². The fourth-order valence-corrected chi connectivity index (χ4v) is 1.09. The van der Waals surface area contributed by atoms with Gasteiger partial charge in [-0.2, -0.15) is 0 Å². The molecule has 0 saturated heterocycles. The van der Waals surface area contributed by atoms with Crippen LogP contribution in [0.2, 0.25) is 0 Å². The molecule has 0 saturated carbocycles. The Balaban J connectivity index is 2.71. The second-order valence-electron chi connectivity index (χ2n) is 2.35. The molecule has 1 aromatic rings. The molecular weight excluding hydrogens is 160 g/mol. The van der Waals surface area contributed by atoms with E-state index in [1.54, 1.807) is 12.5 Å². The molecule has 0 radical (unpaired) electrons. The standard InChI is InChI=1S/C9H11ClO/c1-2-8(6-10)5-9-3-4-11-7-9/h3-5,7H,2,6H2,1H3/b8-5-. The van der Waals surface area contributed by atoms with Crippen molar-refractivity contribution in [3.05, 3.63) is 29.7 Å². The van der Waals surface area contributed by atoms with Gasteiger partial charge in [0.25, 0.3) is 0 Å². The van der Waals surface area contributed by atoms with Crippen LogP contribution < -0.4 is 0 Å². The summed E-state index contributed by atoms with van der Waals surface area (Å²) in [6.07, 6.45) is 6.42. The van der Waals surface area contributed by atoms with Gasteiger partial charge < -0.3 is 4.42 Å². The maximum atomic E-state index is 5.69. The summed E-state index contributed by atoms with van der Waals surface area (Å²) in [5.41, 5.74) is 2.32. The van der Waals surface area contributed by atoms with Crippen molar-refractivity contribution < 1.29 is 4.42 Å². The zero-order valence-electron chi connectivity index (χ0n) is 6.51. The van der Waals surface area contributed by atoms with Crippen molar-refractivity contribution in [2.24, 2.45) is 0 Å². The van der Waals surface area contributed by atoms with Crippen molar-refractivity contribution in [3.63, 3.8) is 0 Å². The van der Waals surface area contributed by atoms with Crippen LogP contribution in [0.1, 0.15) is 18.9 Å². The maximum Gasteiger partial charge on any atom is 0.0974 e. The first-order chi connectivity index (χ1) is 5.36. The monoisotopic (exact) mass is 170 g/mol. The van der Waals surface area contributed by atoms with Crippen LogP contribution in [-0.4, -0.2) is 5.88 Å². The number of hydrogen-bond acceptors (Lipinski definition) is 1. The van der Waals surface area contributed by atoms with Gasteiger partial charge in [-0.3, -0.25) is 0 Å². The quantitative estimate of drug-likeness (QED) is 0.635. The topological polar surface area (TPSA) is 13.1 Å². The molecule has 0 unspecified atom stereocenters. The molecule has 0 aliphatic heterocycles. The zero-order valence-corrected chi connectivity index (χ0v) is 7.27. The van der Waals surface area contributed by atoms with Gasteiger partial charge in [0.2, 0.25) is 0 Å². The van der Waals surface area contributed by atoms with E-state index in [0.717, 1.165) is 12.0 Å². The number of halogens is 1. The second kappa shape index (κ2) is 4.24. The third-order valence-electron chi connectivity index (χ3n) is 1.54. The average molecular weight is 171 g/mol. The van der Waals surface area contributed by atoms with Gasteiger partial charge in [-0.25, -0.2) is 0 Å². The summed E-state index contributed by atoms with van der Waals surface area (Å²) in [5, 5.41) is 0. The van der Waals surface area contributed by atoms with Crippen molar-refractivity contribution in [1.29, 1.82) is 0 Å². The normalized spacial score (nSPS) is 12.0. The third-order valence-corrected chi connectivity index (χ3v) is 1.88. The predicted octanol–water partition coefficient (Wildman–Crippen LogP) is 3.31. The molecule has 0 aliphatic carbocycles. The van der Waals surface area contributed by atoms with E-state index < -0.39 is 0 Å². The SMILES string of the molecule is CC/C(=C/c1ccoc1)CCl. The van der Waals surface area contributed by atoms with E-state index in [1.165, 1.54) is 5.57 Å². The number of allylic oxidation sites excluding steroid dienone is 1. The predicted molar refractivity (Wildman–Crippen MR) is 47.7 cm³/mol. The first kappa shape index (κ1) is 8.41. The molecule has 0 amide bonds. The van der Waals surface area contributed by atoms with E-state index in [2.05, 4.69) is 13.0 Å². The molecule has 0 aromatic carbocycles. The van der Waals surface area contributed by atoms with Gasteiger partial charge in [-0.1, -0.05) is 18.6 Å². The number of hydrogen-bond donors (Lipinski definition) is 0. The Morgan fingerprint density at radius 1 is 1.73 bits per heavy atom. The number of rotatable bonds is 3.